The molecule has 0 aromatic heterocycles. The first-order valence-electron chi connectivity index (χ1n) is 9.46. The van der Waals surface area contributed by atoms with Crippen LogP contribution in [-0.4, -0.2) is 31.4 Å². The van der Waals surface area contributed by atoms with E-state index >= 15 is 0 Å². The van der Waals surface area contributed by atoms with Crippen molar-refractivity contribution in [3.05, 3.63) is 53.1 Å². The molecule has 28 heavy (non-hydrogen) atoms. The quantitative estimate of drug-likeness (QED) is 0.629. The summed E-state index contributed by atoms with van der Waals surface area (Å²) in [6.45, 7) is 9.29. The van der Waals surface area contributed by atoms with Crippen LogP contribution in [0.5, 0.6) is 17.2 Å². The van der Waals surface area contributed by atoms with Gasteiger partial charge in [-0.25, -0.2) is 0 Å². The lowest BCUT2D eigenvalue weighted by atomic mass is 9.85. The molecule has 2 aromatic carbocycles. The average Bonchev–Trinajstić information content (AvgIpc) is 2.63. The zero-order chi connectivity index (χ0) is 20.7. The minimum Gasteiger partial charge on any atom is -0.493 e. The summed E-state index contributed by atoms with van der Waals surface area (Å²) >= 11 is 0. The van der Waals surface area contributed by atoms with E-state index in [1.54, 1.807) is 13.2 Å². The molecule has 0 unspecified atom stereocenters. The van der Waals surface area contributed by atoms with Gasteiger partial charge in [-0.1, -0.05) is 45.0 Å². The van der Waals surface area contributed by atoms with E-state index in [-0.39, 0.29) is 11.8 Å². The maximum Gasteiger partial charge on any atom is 0.303 e. The van der Waals surface area contributed by atoms with Gasteiger partial charge in [0.1, 0.15) is 19.0 Å². The summed E-state index contributed by atoms with van der Waals surface area (Å²) in [5, 5.41) is 8.86. The van der Waals surface area contributed by atoms with Crippen molar-refractivity contribution in [1.82, 2.24) is 0 Å². The first-order chi connectivity index (χ1) is 13.2. The lowest BCUT2D eigenvalue weighted by Gasteiger charge is -2.24. The number of para-hydroxylation sites is 1. The minimum absolute atomic E-state index is 0.0100. The number of benzene rings is 2. The molecule has 0 amide bonds. The van der Waals surface area contributed by atoms with Gasteiger partial charge in [0.2, 0.25) is 0 Å². The van der Waals surface area contributed by atoms with Gasteiger partial charge in [-0.2, -0.15) is 0 Å². The number of carbonyl (C=O) groups is 1. The Hall–Kier alpha value is -2.69. The predicted molar refractivity (Wildman–Crippen MR) is 110 cm³/mol. The average molecular weight is 386 g/mol. The molecule has 0 saturated heterocycles. The Morgan fingerprint density at radius 3 is 2.39 bits per heavy atom. The van der Waals surface area contributed by atoms with E-state index in [2.05, 4.69) is 26.8 Å². The molecule has 5 nitrogen and oxygen atoms in total. The summed E-state index contributed by atoms with van der Waals surface area (Å²) in [4.78, 5) is 10.8. The third-order valence-electron chi connectivity index (χ3n) is 4.46. The summed E-state index contributed by atoms with van der Waals surface area (Å²) in [6.07, 6.45) is 0.530. The van der Waals surface area contributed by atoms with E-state index in [1.165, 1.54) is 5.56 Å². The van der Waals surface area contributed by atoms with Crippen molar-refractivity contribution >= 4 is 5.97 Å². The second-order valence-corrected chi connectivity index (χ2v) is 7.78. The molecule has 0 fully saturated rings. The highest BCUT2D eigenvalue weighted by Crippen LogP contribution is 2.34. The topological polar surface area (TPSA) is 65.0 Å². The van der Waals surface area contributed by atoms with Gasteiger partial charge in [-0.15, -0.1) is 0 Å². The third-order valence-corrected chi connectivity index (χ3v) is 4.46. The van der Waals surface area contributed by atoms with Gasteiger partial charge in [-0.05, 0) is 47.6 Å². The van der Waals surface area contributed by atoms with Crippen LogP contribution in [0.15, 0.2) is 36.4 Å². The fraction of sp³-hybridized carbons (Fsp3) is 0.435. The number of aliphatic carboxylic acids is 1. The molecule has 0 aliphatic heterocycles. The van der Waals surface area contributed by atoms with Crippen LogP contribution >= 0.6 is 0 Å². The number of carboxylic acids is 1. The number of aryl methyl sites for hydroxylation is 2. The first-order valence-corrected chi connectivity index (χ1v) is 9.46. The van der Waals surface area contributed by atoms with Gasteiger partial charge < -0.3 is 19.3 Å². The Labute approximate surface area is 167 Å². The van der Waals surface area contributed by atoms with E-state index in [1.807, 2.05) is 31.2 Å². The van der Waals surface area contributed by atoms with Crippen LogP contribution in [-0.2, 0) is 16.6 Å². The van der Waals surface area contributed by atoms with Gasteiger partial charge in [0.25, 0.3) is 0 Å². The molecule has 0 aliphatic carbocycles. The van der Waals surface area contributed by atoms with Crippen molar-refractivity contribution in [1.29, 1.82) is 0 Å². The number of carboxylic acid groups (broad SMARTS) is 1. The smallest absolute Gasteiger partial charge is 0.303 e. The maximum atomic E-state index is 10.8. The standard InChI is InChI=1S/C23H30O5/c1-16-7-6-8-18(23(2,3)4)22(16)28-14-13-27-20-15-17(10-12-21(24)25)9-11-19(20)26-5/h6-9,11,15H,10,12-14H2,1-5H3,(H,24,25). The molecule has 0 atom stereocenters. The number of methoxy groups -OCH3 is 1. The van der Waals surface area contributed by atoms with Crippen molar-refractivity contribution < 1.29 is 24.1 Å². The highest BCUT2D eigenvalue weighted by atomic mass is 16.5. The van der Waals surface area contributed by atoms with Crippen molar-refractivity contribution in [2.45, 2.75) is 46.0 Å². The molecule has 2 aromatic rings. The van der Waals surface area contributed by atoms with Crippen LogP contribution in [0.3, 0.4) is 0 Å². The summed E-state index contributed by atoms with van der Waals surface area (Å²) in [6, 6.07) is 11.7. The Balaban J connectivity index is 2.02. The fourth-order valence-corrected chi connectivity index (χ4v) is 2.97. The van der Waals surface area contributed by atoms with Crippen LogP contribution in [0.4, 0.5) is 0 Å². The second kappa shape index (κ2) is 9.49. The highest BCUT2D eigenvalue weighted by molar-refractivity contribution is 5.67. The first kappa shape index (κ1) is 21.6. The summed E-state index contributed by atoms with van der Waals surface area (Å²) in [7, 11) is 1.58. The zero-order valence-corrected chi connectivity index (χ0v) is 17.4. The van der Waals surface area contributed by atoms with Crippen molar-refractivity contribution in [2.24, 2.45) is 0 Å². The van der Waals surface area contributed by atoms with Crippen LogP contribution < -0.4 is 14.2 Å². The fourth-order valence-electron chi connectivity index (χ4n) is 2.97. The van der Waals surface area contributed by atoms with Gasteiger partial charge in [0.15, 0.2) is 11.5 Å². The van der Waals surface area contributed by atoms with Gasteiger partial charge in [-0.3, -0.25) is 4.79 Å². The molecule has 2 rings (SSSR count). The normalized spacial score (nSPS) is 11.2. The second-order valence-electron chi connectivity index (χ2n) is 7.78. The molecule has 1 N–H and O–H groups in total. The highest BCUT2D eigenvalue weighted by Gasteiger charge is 2.20. The molecule has 0 aliphatic rings. The molecular weight excluding hydrogens is 356 g/mol. The van der Waals surface area contributed by atoms with Gasteiger partial charge >= 0.3 is 5.97 Å². The Morgan fingerprint density at radius 2 is 1.75 bits per heavy atom. The minimum atomic E-state index is -0.820. The Bertz CT molecular complexity index is 805. The molecular formula is C23H30O5. The summed E-state index contributed by atoms with van der Waals surface area (Å²) in [5.74, 6) is 1.29. The van der Waals surface area contributed by atoms with Crippen molar-refractivity contribution in [2.75, 3.05) is 20.3 Å². The van der Waals surface area contributed by atoms with E-state index < -0.39 is 5.97 Å². The molecule has 0 saturated carbocycles. The molecule has 0 spiro atoms. The largest absolute Gasteiger partial charge is 0.493 e. The molecule has 0 radical (unpaired) electrons. The van der Waals surface area contributed by atoms with E-state index in [9.17, 15) is 4.79 Å². The predicted octanol–water partition coefficient (Wildman–Crippen LogP) is 4.78. The van der Waals surface area contributed by atoms with Gasteiger partial charge in [0.05, 0.1) is 7.11 Å². The zero-order valence-electron chi connectivity index (χ0n) is 17.4. The molecule has 152 valence electrons. The van der Waals surface area contributed by atoms with E-state index in [0.717, 1.165) is 16.9 Å². The monoisotopic (exact) mass is 386 g/mol. The number of hydrogen-bond donors (Lipinski definition) is 1. The van der Waals surface area contributed by atoms with Crippen LogP contribution in [0, 0.1) is 6.92 Å². The third kappa shape index (κ3) is 5.91. The summed E-state index contributed by atoms with van der Waals surface area (Å²) in [5.41, 5.74) is 3.15. The number of hydrogen-bond acceptors (Lipinski definition) is 4. The Morgan fingerprint density at radius 1 is 1.04 bits per heavy atom. The Kier molecular flexibility index (Phi) is 7.32. The molecule has 0 heterocycles. The van der Waals surface area contributed by atoms with Crippen LogP contribution in [0.1, 0.15) is 43.9 Å². The van der Waals surface area contributed by atoms with Gasteiger partial charge in [0, 0.05) is 6.42 Å². The lowest BCUT2D eigenvalue weighted by Crippen LogP contribution is -2.16. The van der Waals surface area contributed by atoms with Crippen LogP contribution in [0.2, 0.25) is 0 Å². The van der Waals surface area contributed by atoms with E-state index in [0.29, 0.717) is 31.1 Å². The summed E-state index contributed by atoms with van der Waals surface area (Å²) < 4.78 is 17.3. The molecule has 5 heteroatoms. The lowest BCUT2D eigenvalue weighted by molar-refractivity contribution is -0.136. The van der Waals surface area contributed by atoms with Crippen LogP contribution in [0.25, 0.3) is 0 Å². The van der Waals surface area contributed by atoms with E-state index in [4.69, 9.17) is 19.3 Å². The number of rotatable bonds is 9. The SMILES string of the molecule is COc1ccc(CCC(=O)O)cc1OCCOc1c(C)cccc1C(C)(C)C. The van der Waals surface area contributed by atoms with Crippen molar-refractivity contribution in [3.63, 3.8) is 0 Å². The maximum absolute atomic E-state index is 10.8. The number of ether oxygens (including phenoxy) is 3. The van der Waals surface area contributed by atoms with Crippen molar-refractivity contribution in [3.8, 4) is 17.2 Å². The molecule has 0 bridgehead atoms.